The molecule has 0 atom stereocenters. The largest absolute Gasteiger partial charge is 0.456 e. The molecule has 126 heavy (non-hydrogen) atoms. The molecule has 0 spiro atoms. The molecular weight excluding hydrogens is 1530 g/mol. The average Bonchev–Trinajstić information content (AvgIpc) is 1.44. The maximum atomic E-state index is 6.16. The highest BCUT2D eigenvalue weighted by molar-refractivity contribution is 6.26. The molecule has 25 aromatic rings. The Kier molecular flexibility index (Phi) is 19.8. The van der Waals surface area contributed by atoms with Gasteiger partial charge in [-0.1, -0.05) is 429 Å². The second kappa shape index (κ2) is 33.3. The lowest BCUT2D eigenvalue weighted by molar-refractivity contribution is 0.668. The SMILES string of the molecule is [2H]C.[2H]C.[2H]C.c1ccc(-c2ccc(-c3c4ccccc4c(-c4ccc5oc6ccccc6c5c4)c4ccccc34)cc2)cc1.c1ccc(-c2ccc(-c3ccc(-c4c5ccccc5c(-c5ccc6oc7ccccc7c6c5)c5ccccc45)cc3)cc2)cc1.c1ccc(-c2ccccc2-c2c3ccccc3c(-c3ccc4oc5ccccc5c4c3)c3ccccc23)cc1. The zero-order chi connectivity index (χ0) is 87.3. The van der Waals surface area contributed by atoms with E-state index >= 15 is 0 Å². The summed E-state index contributed by atoms with van der Waals surface area (Å²) in [5.74, 6) is 0. The Balaban J connectivity index is 0.000000118. The van der Waals surface area contributed by atoms with Crippen LogP contribution in [0.4, 0.5) is 0 Å². The van der Waals surface area contributed by atoms with Gasteiger partial charge < -0.3 is 13.3 Å². The van der Waals surface area contributed by atoms with Crippen molar-refractivity contribution in [2.24, 2.45) is 0 Å². The highest BCUT2D eigenvalue weighted by Crippen LogP contribution is 2.51. The summed E-state index contributed by atoms with van der Waals surface area (Å²) in [6.45, 7) is 0. The van der Waals surface area contributed by atoms with E-state index in [2.05, 4.69) is 425 Å². The molecule has 0 saturated heterocycles. The van der Waals surface area contributed by atoms with E-state index in [1.54, 1.807) is 0 Å². The first-order valence-electron chi connectivity index (χ1n) is 45.2. The molecule has 0 N–H and O–H groups in total. The molecule has 0 aliphatic rings. The standard InChI is InChI=1S/C44H28O.2C38H24O.3CH4/c1-2-10-29(11-3-1)30-18-20-31(21-19-30)32-22-24-33(25-23-32)43-36-13-4-6-15-38(36)44(39-16-7-5-14-37(39)43)34-26-27-42-40(28-34)35-12-8-9-17-41(35)45-42;1-2-10-25(11-3-1)26-18-20-27(21-19-26)37-30-13-4-6-15-32(30)38(33-16-7-5-14-31(33)37)28-22-23-36-34(24-28)29-12-8-9-17-35(29)39-36;1-2-12-25(13-3-1)27-14-4-5-16-29(27)38-32-19-8-6-17-30(32)37(31-18-7-9-20-33(31)38)26-22-23-36-34(24-26)28-15-10-11-21-35(28)39-36;;;/h1-28H;2*1-24H;3*1H4/i;;;3*1D. The maximum absolute atomic E-state index is 6.16. The fourth-order valence-corrected chi connectivity index (χ4v) is 19.2. The van der Waals surface area contributed by atoms with Gasteiger partial charge in [0.2, 0.25) is 0 Å². The third-order valence-electron chi connectivity index (χ3n) is 24.9. The number of rotatable bonds is 10. The van der Waals surface area contributed by atoms with Gasteiger partial charge in [0.25, 0.3) is 0 Å². The normalized spacial score (nSPS) is 11.5. The molecule has 0 bridgehead atoms. The van der Waals surface area contributed by atoms with Gasteiger partial charge in [0.1, 0.15) is 33.5 Å². The first kappa shape index (κ1) is 74.8. The van der Waals surface area contributed by atoms with Crippen LogP contribution in [0.15, 0.2) is 474 Å². The Morgan fingerprint density at radius 3 is 0.563 bits per heavy atom. The van der Waals surface area contributed by atoms with Crippen molar-refractivity contribution in [2.75, 3.05) is 0 Å². The van der Waals surface area contributed by atoms with E-state index in [4.69, 9.17) is 17.4 Å². The lowest BCUT2D eigenvalue weighted by atomic mass is 9.83. The molecule has 22 aromatic carbocycles. The summed E-state index contributed by atoms with van der Waals surface area (Å²) < 4.78 is 35.7. The zero-order valence-electron chi connectivity index (χ0n) is 73.1. The molecule has 3 aromatic heterocycles. The number of benzene rings is 22. The van der Waals surface area contributed by atoms with Crippen molar-refractivity contribution in [3.8, 4) is 111 Å². The third-order valence-corrected chi connectivity index (χ3v) is 24.9. The quantitative estimate of drug-likeness (QED) is 0.128. The first-order chi connectivity index (χ1) is 64.0. The van der Waals surface area contributed by atoms with Crippen molar-refractivity contribution in [3.63, 3.8) is 0 Å². The van der Waals surface area contributed by atoms with Crippen molar-refractivity contribution < 1.29 is 17.4 Å². The van der Waals surface area contributed by atoms with Gasteiger partial charge in [0, 0.05) is 36.4 Å². The van der Waals surface area contributed by atoms with Crippen LogP contribution in [0.3, 0.4) is 0 Å². The van der Waals surface area contributed by atoms with E-state index in [0.29, 0.717) is 0 Å². The number of furan rings is 3. The Morgan fingerprint density at radius 1 is 0.119 bits per heavy atom. The number of para-hydroxylation sites is 3. The summed E-state index contributed by atoms with van der Waals surface area (Å²) in [7, 11) is 3.75. The van der Waals surface area contributed by atoms with E-state index in [1.807, 2.05) is 36.4 Å². The summed E-state index contributed by atoms with van der Waals surface area (Å²) in [5.41, 5.74) is 30.2. The Hall–Kier alpha value is -16.2. The van der Waals surface area contributed by atoms with Gasteiger partial charge in [0.05, 0.1) is 0 Å². The van der Waals surface area contributed by atoms with Gasteiger partial charge in [-0.2, -0.15) is 0 Å². The maximum Gasteiger partial charge on any atom is 0.135 e. The minimum Gasteiger partial charge on any atom is -0.456 e. The second-order valence-electron chi connectivity index (χ2n) is 31.8. The van der Waals surface area contributed by atoms with Gasteiger partial charge in [-0.25, -0.2) is 0 Å². The topological polar surface area (TPSA) is 39.4 Å². The first-order valence-corrected chi connectivity index (χ1v) is 42.2. The van der Waals surface area contributed by atoms with Crippen LogP contribution < -0.4 is 0 Å². The Morgan fingerprint density at radius 2 is 0.294 bits per heavy atom. The van der Waals surface area contributed by atoms with Gasteiger partial charge >= 0.3 is 0 Å². The molecule has 598 valence electrons. The van der Waals surface area contributed by atoms with Crippen molar-refractivity contribution in [3.05, 3.63) is 461 Å². The lowest BCUT2D eigenvalue weighted by Crippen LogP contribution is -1.92. The molecule has 0 aliphatic heterocycles. The summed E-state index contributed by atoms with van der Waals surface area (Å²) >= 11 is 0. The van der Waals surface area contributed by atoms with Crippen LogP contribution in [-0.2, 0) is 0 Å². The zero-order valence-corrected chi connectivity index (χ0v) is 70.1. The van der Waals surface area contributed by atoms with Gasteiger partial charge in [-0.3, -0.25) is 0 Å². The third kappa shape index (κ3) is 13.8. The minimum absolute atomic E-state index is 0.917. The van der Waals surface area contributed by atoms with Crippen molar-refractivity contribution >= 4 is 130 Å². The average molecular weight is 1620 g/mol. The smallest absolute Gasteiger partial charge is 0.135 e. The molecule has 0 radical (unpaired) electrons. The Bertz CT molecular complexity index is 8230. The number of hydrogen-bond acceptors (Lipinski definition) is 3. The van der Waals surface area contributed by atoms with E-state index in [-0.39, 0.29) is 0 Å². The molecule has 0 aliphatic carbocycles. The molecular formula is C123H88O3. The molecule has 25 rings (SSSR count). The highest BCUT2D eigenvalue weighted by Gasteiger charge is 2.24. The van der Waals surface area contributed by atoms with E-state index in [9.17, 15) is 0 Å². The fraction of sp³-hybridized carbons (Fsp3) is 0.0244. The lowest BCUT2D eigenvalue weighted by Gasteiger charge is -2.19. The van der Waals surface area contributed by atoms with Crippen LogP contribution in [0.25, 0.3) is 242 Å². The molecule has 0 amide bonds. The molecule has 3 nitrogen and oxygen atoms in total. The van der Waals surface area contributed by atoms with Crippen molar-refractivity contribution in [2.45, 2.75) is 22.2 Å². The van der Waals surface area contributed by atoms with E-state index in [0.717, 1.165) is 65.8 Å². The van der Waals surface area contributed by atoms with E-state index in [1.165, 1.54) is 198 Å². The summed E-state index contributed by atoms with van der Waals surface area (Å²) in [5, 5.41) is 21.9. The number of hydrogen-bond donors (Lipinski definition) is 0. The van der Waals surface area contributed by atoms with Crippen LogP contribution in [0.2, 0.25) is 0 Å². The summed E-state index contributed by atoms with van der Waals surface area (Å²) in [6.07, 6.45) is 0. The molecule has 3 heterocycles. The van der Waals surface area contributed by atoms with Crippen molar-refractivity contribution in [1.82, 2.24) is 0 Å². The monoisotopic (exact) mass is 1620 g/mol. The minimum atomic E-state index is 0.917. The van der Waals surface area contributed by atoms with E-state index < -0.39 is 0 Å². The molecule has 3 heteroatoms. The number of fused-ring (bicyclic) bond motifs is 15. The second-order valence-corrected chi connectivity index (χ2v) is 31.8. The molecule has 0 fully saturated rings. The van der Waals surface area contributed by atoms with Gasteiger partial charge in [-0.05, 0) is 231 Å². The molecule has 0 unspecified atom stereocenters. The van der Waals surface area contributed by atoms with Crippen LogP contribution in [0, 0.1) is 0 Å². The summed E-state index contributed by atoms with van der Waals surface area (Å²) in [4.78, 5) is 0. The fourth-order valence-electron chi connectivity index (χ4n) is 19.2. The Labute approximate surface area is 737 Å². The van der Waals surface area contributed by atoms with Crippen LogP contribution in [-0.4, -0.2) is 0 Å². The van der Waals surface area contributed by atoms with Crippen molar-refractivity contribution in [1.29, 1.82) is 0 Å². The highest BCUT2D eigenvalue weighted by atomic mass is 16.3. The van der Waals surface area contributed by atoms with Gasteiger partial charge in [-0.15, -0.1) is 0 Å². The summed E-state index contributed by atoms with van der Waals surface area (Å²) in [6, 6.07) is 165. The van der Waals surface area contributed by atoms with Crippen LogP contribution >= 0.6 is 0 Å². The van der Waals surface area contributed by atoms with Gasteiger partial charge in [0.15, 0.2) is 0 Å². The predicted octanol–water partition coefficient (Wildman–Crippen LogP) is 36.3. The van der Waals surface area contributed by atoms with Crippen LogP contribution in [0.5, 0.6) is 0 Å². The predicted molar refractivity (Wildman–Crippen MR) is 541 cm³/mol. The van der Waals surface area contributed by atoms with Crippen LogP contribution in [0.1, 0.15) is 26.3 Å². The molecule has 0 saturated carbocycles.